The summed E-state index contributed by atoms with van der Waals surface area (Å²) < 4.78 is 0. The monoisotopic (exact) mass is 343 g/mol. The molecule has 0 bridgehead atoms. The average Bonchev–Trinajstić information content (AvgIpc) is 3.14. The summed E-state index contributed by atoms with van der Waals surface area (Å²) in [6.45, 7) is 0.882. The van der Waals surface area contributed by atoms with Crippen LogP contribution in [0.25, 0.3) is 0 Å². The highest BCUT2D eigenvalue weighted by molar-refractivity contribution is 7.12. The lowest BCUT2D eigenvalue weighted by Crippen LogP contribution is -2.43. The Morgan fingerprint density at radius 2 is 2.17 bits per heavy atom. The summed E-state index contributed by atoms with van der Waals surface area (Å²) in [4.78, 5) is 22.4. The molecule has 3 heterocycles. The van der Waals surface area contributed by atoms with E-state index in [-0.39, 0.29) is 5.91 Å². The van der Waals surface area contributed by atoms with E-state index in [9.17, 15) is 4.79 Å². The van der Waals surface area contributed by atoms with E-state index < -0.39 is 0 Å². The first kappa shape index (κ1) is 17.0. The van der Waals surface area contributed by atoms with Gasteiger partial charge in [0, 0.05) is 32.4 Å². The van der Waals surface area contributed by atoms with Gasteiger partial charge in [0.25, 0.3) is 5.91 Å². The molecule has 5 heteroatoms. The zero-order valence-corrected chi connectivity index (χ0v) is 15.3. The Kier molecular flexibility index (Phi) is 5.51. The first-order chi connectivity index (χ1) is 11.6. The van der Waals surface area contributed by atoms with Gasteiger partial charge in [-0.05, 0) is 55.7 Å². The van der Waals surface area contributed by atoms with Crippen molar-refractivity contribution in [2.24, 2.45) is 0 Å². The molecule has 1 atom stereocenters. The van der Waals surface area contributed by atoms with Crippen molar-refractivity contribution in [1.82, 2.24) is 9.88 Å². The van der Waals surface area contributed by atoms with Crippen LogP contribution in [0.3, 0.4) is 0 Å². The highest BCUT2D eigenvalue weighted by atomic mass is 32.1. The number of aryl methyl sites for hydroxylation is 1. The van der Waals surface area contributed by atoms with Crippen molar-refractivity contribution in [2.45, 2.75) is 38.1 Å². The highest BCUT2D eigenvalue weighted by Crippen LogP contribution is 2.24. The normalized spacial score (nSPS) is 17.8. The predicted octanol–water partition coefficient (Wildman–Crippen LogP) is 3.84. The first-order valence-electron chi connectivity index (χ1n) is 8.63. The van der Waals surface area contributed by atoms with Crippen molar-refractivity contribution in [3.05, 3.63) is 46.3 Å². The third-order valence-corrected chi connectivity index (χ3v) is 5.46. The Hall–Kier alpha value is -1.88. The third kappa shape index (κ3) is 3.96. The quantitative estimate of drug-likeness (QED) is 0.828. The number of anilines is 1. The second kappa shape index (κ2) is 7.79. The van der Waals surface area contributed by atoms with Crippen molar-refractivity contribution in [3.63, 3.8) is 0 Å². The van der Waals surface area contributed by atoms with E-state index in [1.165, 1.54) is 17.8 Å². The smallest absolute Gasteiger partial charge is 0.264 e. The molecule has 0 saturated carbocycles. The van der Waals surface area contributed by atoms with Crippen molar-refractivity contribution in [2.75, 3.05) is 25.5 Å². The van der Waals surface area contributed by atoms with E-state index in [4.69, 9.17) is 4.98 Å². The van der Waals surface area contributed by atoms with Crippen LogP contribution in [0.5, 0.6) is 0 Å². The van der Waals surface area contributed by atoms with Gasteiger partial charge < -0.3 is 9.80 Å². The van der Waals surface area contributed by atoms with Gasteiger partial charge in [-0.15, -0.1) is 11.3 Å². The fraction of sp³-hybridized carbons (Fsp3) is 0.474. The van der Waals surface area contributed by atoms with E-state index in [1.54, 1.807) is 0 Å². The standard InChI is InChI=1S/C19H25N3OS/c1-21(2)18-10-5-7-15(20-18)11-12-16-8-3-4-13-22(16)19(23)17-9-6-14-24-17/h5-7,9-10,14,16H,3-4,8,11-13H2,1-2H3/t16-/m1/s1. The van der Waals surface area contributed by atoms with Gasteiger partial charge in [0.1, 0.15) is 5.82 Å². The fourth-order valence-electron chi connectivity index (χ4n) is 3.28. The molecule has 1 amide bonds. The Morgan fingerprint density at radius 1 is 1.29 bits per heavy atom. The number of thiophene rings is 1. The van der Waals surface area contributed by atoms with Gasteiger partial charge in [-0.1, -0.05) is 12.1 Å². The molecule has 1 aliphatic rings. The topological polar surface area (TPSA) is 36.4 Å². The number of piperidine rings is 1. The van der Waals surface area contributed by atoms with Crippen LogP contribution < -0.4 is 4.90 Å². The van der Waals surface area contributed by atoms with E-state index in [0.29, 0.717) is 6.04 Å². The Morgan fingerprint density at radius 3 is 2.92 bits per heavy atom. The van der Waals surface area contributed by atoms with Crippen LogP contribution in [0.15, 0.2) is 35.7 Å². The van der Waals surface area contributed by atoms with Crippen LogP contribution in [0, 0.1) is 0 Å². The molecule has 0 aliphatic carbocycles. The summed E-state index contributed by atoms with van der Waals surface area (Å²) in [5.74, 6) is 1.19. The summed E-state index contributed by atoms with van der Waals surface area (Å²) >= 11 is 1.54. The predicted molar refractivity (Wildman–Crippen MR) is 99.9 cm³/mol. The Labute approximate surface area is 148 Å². The van der Waals surface area contributed by atoms with Crippen LogP contribution in [0.1, 0.15) is 41.0 Å². The maximum atomic E-state index is 12.7. The molecule has 1 saturated heterocycles. The number of carbonyl (C=O) groups is 1. The van der Waals surface area contributed by atoms with Gasteiger partial charge in [0.2, 0.25) is 0 Å². The van der Waals surface area contributed by atoms with Crippen LogP contribution in [0.4, 0.5) is 5.82 Å². The van der Waals surface area contributed by atoms with Crippen LogP contribution >= 0.6 is 11.3 Å². The second-order valence-corrected chi connectivity index (χ2v) is 7.49. The summed E-state index contributed by atoms with van der Waals surface area (Å²) in [6, 6.07) is 10.4. The second-order valence-electron chi connectivity index (χ2n) is 6.55. The Balaban J connectivity index is 1.66. The zero-order chi connectivity index (χ0) is 16.9. The molecule has 24 heavy (non-hydrogen) atoms. The molecule has 1 fully saturated rings. The van der Waals surface area contributed by atoms with Crippen molar-refractivity contribution in [1.29, 1.82) is 0 Å². The van der Waals surface area contributed by atoms with E-state index in [2.05, 4.69) is 17.0 Å². The zero-order valence-electron chi connectivity index (χ0n) is 14.4. The molecular weight excluding hydrogens is 318 g/mol. The molecule has 0 radical (unpaired) electrons. The van der Waals surface area contributed by atoms with E-state index in [0.717, 1.165) is 48.6 Å². The van der Waals surface area contributed by atoms with Gasteiger partial charge >= 0.3 is 0 Å². The van der Waals surface area contributed by atoms with Crippen molar-refractivity contribution in [3.8, 4) is 0 Å². The summed E-state index contributed by atoms with van der Waals surface area (Å²) in [5.41, 5.74) is 1.11. The Bertz CT molecular complexity index is 669. The number of hydrogen-bond acceptors (Lipinski definition) is 4. The number of nitrogens with zero attached hydrogens (tertiary/aromatic N) is 3. The number of amides is 1. The molecule has 0 N–H and O–H groups in total. The minimum atomic E-state index is 0.199. The van der Waals surface area contributed by atoms with Gasteiger partial charge in [0.15, 0.2) is 0 Å². The van der Waals surface area contributed by atoms with Gasteiger partial charge in [-0.25, -0.2) is 4.98 Å². The number of aromatic nitrogens is 1. The van der Waals surface area contributed by atoms with Crippen molar-refractivity contribution >= 4 is 23.1 Å². The minimum absolute atomic E-state index is 0.199. The van der Waals surface area contributed by atoms with Crippen LogP contribution in [-0.4, -0.2) is 42.5 Å². The highest BCUT2D eigenvalue weighted by Gasteiger charge is 2.27. The molecular formula is C19H25N3OS. The average molecular weight is 343 g/mol. The van der Waals surface area contributed by atoms with Crippen molar-refractivity contribution < 1.29 is 4.79 Å². The van der Waals surface area contributed by atoms with Gasteiger partial charge in [-0.2, -0.15) is 0 Å². The molecule has 4 nitrogen and oxygen atoms in total. The van der Waals surface area contributed by atoms with Gasteiger partial charge in [0.05, 0.1) is 4.88 Å². The molecule has 3 rings (SSSR count). The molecule has 0 unspecified atom stereocenters. The first-order valence-corrected chi connectivity index (χ1v) is 9.51. The third-order valence-electron chi connectivity index (χ3n) is 4.60. The SMILES string of the molecule is CN(C)c1cccc(CC[C@H]2CCCCN2C(=O)c2cccs2)n1. The number of hydrogen-bond donors (Lipinski definition) is 0. The summed E-state index contributed by atoms with van der Waals surface area (Å²) in [7, 11) is 4.02. The minimum Gasteiger partial charge on any atom is -0.363 e. The van der Waals surface area contributed by atoms with E-state index in [1.807, 2.05) is 42.6 Å². The number of pyridine rings is 1. The lowest BCUT2D eigenvalue weighted by Gasteiger charge is -2.35. The largest absolute Gasteiger partial charge is 0.363 e. The van der Waals surface area contributed by atoms with E-state index >= 15 is 0 Å². The summed E-state index contributed by atoms with van der Waals surface area (Å²) in [6.07, 6.45) is 5.33. The summed E-state index contributed by atoms with van der Waals surface area (Å²) in [5, 5.41) is 1.98. The lowest BCUT2D eigenvalue weighted by atomic mass is 9.96. The molecule has 0 spiro atoms. The maximum absolute atomic E-state index is 12.7. The van der Waals surface area contributed by atoms with Crippen LogP contribution in [-0.2, 0) is 6.42 Å². The lowest BCUT2D eigenvalue weighted by molar-refractivity contribution is 0.0606. The fourth-order valence-corrected chi connectivity index (χ4v) is 3.96. The molecule has 2 aromatic heterocycles. The number of likely N-dealkylation sites (tertiary alicyclic amines) is 1. The molecule has 1 aliphatic heterocycles. The molecule has 128 valence electrons. The molecule has 0 aromatic carbocycles. The molecule has 2 aromatic rings. The van der Waals surface area contributed by atoms with Gasteiger partial charge in [-0.3, -0.25) is 4.79 Å². The van der Waals surface area contributed by atoms with Crippen LogP contribution in [0.2, 0.25) is 0 Å². The number of carbonyl (C=O) groups excluding carboxylic acids is 1. The number of rotatable bonds is 5. The maximum Gasteiger partial charge on any atom is 0.264 e.